The van der Waals surface area contributed by atoms with Gasteiger partial charge in [0.25, 0.3) is 5.78 Å². The SMILES string of the molecule is NCC1OC(=O)C(=O)C(O)C1O. The van der Waals surface area contributed by atoms with E-state index in [1.165, 1.54) is 0 Å². The summed E-state index contributed by atoms with van der Waals surface area (Å²) in [4.78, 5) is 21.3. The van der Waals surface area contributed by atoms with E-state index in [1.54, 1.807) is 0 Å². The second kappa shape index (κ2) is 3.18. The van der Waals surface area contributed by atoms with E-state index in [0.717, 1.165) is 0 Å². The van der Waals surface area contributed by atoms with Crippen molar-refractivity contribution in [2.75, 3.05) is 6.54 Å². The van der Waals surface area contributed by atoms with Crippen LogP contribution in [0.1, 0.15) is 0 Å². The van der Waals surface area contributed by atoms with Crippen molar-refractivity contribution in [2.24, 2.45) is 5.73 Å². The predicted octanol–water partition coefficient (Wildman–Crippen LogP) is -2.84. The monoisotopic (exact) mass is 175 g/mol. The summed E-state index contributed by atoms with van der Waals surface area (Å²) in [5.74, 6) is -2.28. The first-order valence-corrected chi connectivity index (χ1v) is 3.39. The number of hydrogen-bond donors (Lipinski definition) is 3. The van der Waals surface area contributed by atoms with Gasteiger partial charge in [-0.1, -0.05) is 0 Å². The molecule has 1 saturated heterocycles. The third-order valence-electron chi connectivity index (χ3n) is 1.66. The second-order valence-electron chi connectivity index (χ2n) is 2.48. The van der Waals surface area contributed by atoms with Gasteiger partial charge in [-0.25, -0.2) is 4.79 Å². The third kappa shape index (κ3) is 1.31. The zero-order valence-corrected chi connectivity index (χ0v) is 6.14. The van der Waals surface area contributed by atoms with Crippen molar-refractivity contribution in [2.45, 2.75) is 18.3 Å². The van der Waals surface area contributed by atoms with E-state index in [-0.39, 0.29) is 6.54 Å². The second-order valence-corrected chi connectivity index (χ2v) is 2.48. The number of Topliss-reactive ketones (excluding diaryl/α,β-unsaturated/α-hetero) is 1. The number of rotatable bonds is 1. The van der Waals surface area contributed by atoms with E-state index < -0.39 is 30.1 Å². The quantitative estimate of drug-likeness (QED) is 0.292. The Morgan fingerprint density at radius 3 is 2.50 bits per heavy atom. The Morgan fingerprint density at radius 1 is 1.42 bits per heavy atom. The van der Waals surface area contributed by atoms with Gasteiger partial charge in [-0.05, 0) is 0 Å². The molecule has 0 spiro atoms. The highest BCUT2D eigenvalue weighted by Gasteiger charge is 2.42. The van der Waals surface area contributed by atoms with Crippen LogP contribution in [-0.4, -0.2) is 46.8 Å². The van der Waals surface area contributed by atoms with Crippen LogP contribution in [0.5, 0.6) is 0 Å². The molecule has 3 unspecified atom stereocenters. The standard InChI is InChI=1S/C6H9NO5/c7-1-2-3(8)4(9)5(10)6(11)12-2/h2-4,8-9H,1,7H2. The molecular formula is C6H9NO5. The summed E-state index contributed by atoms with van der Waals surface area (Å²) in [6.07, 6.45) is -4.12. The Kier molecular flexibility index (Phi) is 2.41. The van der Waals surface area contributed by atoms with Crippen molar-refractivity contribution < 1.29 is 24.5 Å². The lowest BCUT2D eigenvalue weighted by atomic mass is 10.0. The Labute approximate surface area is 67.9 Å². The summed E-state index contributed by atoms with van der Waals surface area (Å²) in [5.41, 5.74) is 5.10. The minimum atomic E-state index is -1.71. The Morgan fingerprint density at radius 2 is 2.00 bits per heavy atom. The first-order chi connectivity index (χ1) is 5.57. The maximum Gasteiger partial charge on any atom is 0.377 e. The molecule has 1 rings (SSSR count). The Bertz CT molecular complexity index is 216. The van der Waals surface area contributed by atoms with E-state index in [1.807, 2.05) is 0 Å². The minimum absolute atomic E-state index is 0.128. The summed E-state index contributed by atoms with van der Waals surface area (Å²) in [6.45, 7) is -0.128. The number of carbonyl (C=O) groups excluding carboxylic acids is 2. The van der Waals surface area contributed by atoms with Crippen molar-refractivity contribution in [3.63, 3.8) is 0 Å². The first kappa shape index (κ1) is 9.11. The lowest BCUT2D eigenvalue weighted by Gasteiger charge is -2.28. The number of hydrogen-bond acceptors (Lipinski definition) is 6. The molecule has 12 heavy (non-hydrogen) atoms. The van der Waals surface area contributed by atoms with Crippen LogP contribution < -0.4 is 5.73 Å². The maximum atomic E-state index is 10.7. The Balaban J connectivity index is 2.77. The van der Waals surface area contributed by atoms with Crippen molar-refractivity contribution >= 4 is 11.8 Å². The van der Waals surface area contributed by atoms with Crippen LogP contribution in [0.25, 0.3) is 0 Å². The average molecular weight is 175 g/mol. The van der Waals surface area contributed by atoms with Gasteiger partial charge < -0.3 is 20.7 Å². The number of aliphatic hydroxyl groups excluding tert-OH is 2. The molecule has 0 aromatic heterocycles. The van der Waals surface area contributed by atoms with Crippen molar-refractivity contribution in [3.05, 3.63) is 0 Å². The van der Waals surface area contributed by atoms with Crippen LogP contribution in [0, 0.1) is 0 Å². The number of nitrogens with two attached hydrogens (primary N) is 1. The number of esters is 1. The average Bonchev–Trinajstić information content (AvgIpc) is 2.08. The molecule has 0 saturated carbocycles. The van der Waals surface area contributed by atoms with Gasteiger partial charge in [0, 0.05) is 6.54 Å². The molecule has 6 heteroatoms. The fourth-order valence-electron chi connectivity index (χ4n) is 0.932. The number of aliphatic hydroxyl groups is 2. The largest absolute Gasteiger partial charge is 0.452 e. The van der Waals surface area contributed by atoms with Crippen LogP contribution in [0.3, 0.4) is 0 Å². The zero-order valence-electron chi connectivity index (χ0n) is 6.14. The molecule has 0 amide bonds. The van der Waals surface area contributed by atoms with Crippen molar-refractivity contribution in [3.8, 4) is 0 Å². The van der Waals surface area contributed by atoms with E-state index in [9.17, 15) is 9.59 Å². The Hall–Kier alpha value is -0.980. The van der Waals surface area contributed by atoms with Crippen LogP contribution in [0.4, 0.5) is 0 Å². The number of carbonyl (C=O) groups is 2. The molecular weight excluding hydrogens is 166 g/mol. The lowest BCUT2D eigenvalue weighted by molar-refractivity contribution is -0.182. The molecule has 4 N–H and O–H groups in total. The number of ether oxygens (including phenoxy) is 1. The molecule has 68 valence electrons. The third-order valence-corrected chi connectivity index (χ3v) is 1.66. The molecule has 6 nitrogen and oxygen atoms in total. The van der Waals surface area contributed by atoms with Gasteiger partial charge in [-0.2, -0.15) is 0 Å². The van der Waals surface area contributed by atoms with E-state index >= 15 is 0 Å². The highest BCUT2D eigenvalue weighted by atomic mass is 16.6. The molecule has 3 atom stereocenters. The molecule has 1 aliphatic heterocycles. The van der Waals surface area contributed by atoms with Gasteiger partial charge in [-0.15, -0.1) is 0 Å². The molecule has 1 aliphatic rings. The molecule has 0 aromatic carbocycles. The van der Waals surface area contributed by atoms with Gasteiger partial charge in [0.15, 0.2) is 6.10 Å². The first-order valence-electron chi connectivity index (χ1n) is 3.39. The van der Waals surface area contributed by atoms with Gasteiger partial charge in [0.1, 0.15) is 12.2 Å². The van der Waals surface area contributed by atoms with E-state index in [2.05, 4.69) is 4.74 Å². The summed E-state index contributed by atoms with van der Waals surface area (Å²) >= 11 is 0. The van der Waals surface area contributed by atoms with Gasteiger partial charge >= 0.3 is 5.97 Å². The van der Waals surface area contributed by atoms with Gasteiger partial charge in [-0.3, -0.25) is 4.79 Å². The fraction of sp³-hybridized carbons (Fsp3) is 0.667. The van der Waals surface area contributed by atoms with Gasteiger partial charge in [0.2, 0.25) is 0 Å². The molecule has 1 fully saturated rings. The molecule has 0 bridgehead atoms. The number of ketones is 1. The summed E-state index contributed by atoms with van der Waals surface area (Å²) < 4.78 is 4.41. The van der Waals surface area contributed by atoms with Crippen LogP contribution in [-0.2, 0) is 14.3 Å². The molecule has 0 radical (unpaired) electrons. The normalized spacial score (nSPS) is 36.4. The van der Waals surface area contributed by atoms with E-state index in [0.29, 0.717) is 0 Å². The topological polar surface area (TPSA) is 110 Å². The van der Waals surface area contributed by atoms with Gasteiger partial charge in [0.05, 0.1) is 0 Å². The van der Waals surface area contributed by atoms with E-state index in [4.69, 9.17) is 15.9 Å². The predicted molar refractivity (Wildman–Crippen MR) is 36.0 cm³/mol. The molecule has 1 heterocycles. The minimum Gasteiger partial charge on any atom is -0.452 e. The van der Waals surface area contributed by atoms with Crippen molar-refractivity contribution in [1.82, 2.24) is 0 Å². The van der Waals surface area contributed by atoms with Crippen molar-refractivity contribution in [1.29, 1.82) is 0 Å². The molecule has 0 aliphatic carbocycles. The summed E-state index contributed by atoms with van der Waals surface area (Å²) in [6, 6.07) is 0. The number of cyclic esters (lactones) is 1. The smallest absolute Gasteiger partial charge is 0.377 e. The lowest BCUT2D eigenvalue weighted by Crippen LogP contribution is -2.55. The van der Waals surface area contributed by atoms with Crippen LogP contribution in [0.2, 0.25) is 0 Å². The maximum absolute atomic E-state index is 10.7. The molecule has 0 aromatic rings. The zero-order chi connectivity index (χ0) is 9.30. The highest BCUT2D eigenvalue weighted by Crippen LogP contribution is 2.12. The summed E-state index contributed by atoms with van der Waals surface area (Å²) in [5, 5.41) is 18.1. The summed E-state index contributed by atoms with van der Waals surface area (Å²) in [7, 11) is 0. The fourth-order valence-corrected chi connectivity index (χ4v) is 0.932. The van der Waals surface area contributed by atoms with Crippen LogP contribution in [0.15, 0.2) is 0 Å². The van der Waals surface area contributed by atoms with Crippen LogP contribution >= 0.6 is 0 Å². The highest BCUT2D eigenvalue weighted by molar-refractivity contribution is 6.36.